The van der Waals surface area contributed by atoms with Crippen LogP contribution in [-0.2, 0) is 0 Å². The zero-order valence-corrected chi connectivity index (χ0v) is 29.9. The molecule has 0 fully saturated rings. The highest BCUT2D eigenvalue weighted by Crippen LogP contribution is 2.43. The molecule has 0 saturated carbocycles. The van der Waals surface area contributed by atoms with Crippen molar-refractivity contribution in [1.29, 1.82) is 0 Å². The average Bonchev–Trinajstić information content (AvgIpc) is 3.89. The van der Waals surface area contributed by atoms with Crippen LogP contribution in [0.4, 0.5) is 0 Å². The lowest BCUT2D eigenvalue weighted by Gasteiger charge is -2.11. The van der Waals surface area contributed by atoms with Gasteiger partial charge in [-0.25, -0.2) is 0 Å². The van der Waals surface area contributed by atoms with Crippen LogP contribution in [0.15, 0.2) is 200 Å². The first-order chi connectivity index (χ1) is 27.3. The Kier molecular flexibility index (Phi) is 6.34. The third-order valence-electron chi connectivity index (χ3n) is 11.6. The monoisotopic (exact) mass is 699 g/mol. The number of hydrogen-bond donors (Lipinski definition) is 0. The standard InChI is InChI=1S/C52H33N3/c1-2-14-38(15-3-1)53-46-19-9-7-17-42(46)45-33-37(25-30-49(45)53)35-22-26-39(27-23-35)54-48-21-11-8-18-44(48)51-50(54)31-29-43-41-16-6-10-20-47(41)55(52(43)51)40-28-24-34-12-4-5-13-36(34)32-40/h1-33H. The Morgan fingerprint density at radius 3 is 1.56 bits per heavy atom. The van der Waals surface area contributed by atoms with Crippen LogP contribution >= 0.6 is 0 Å². The summed E-state index contributed by atoms with van der Waals surface area (Å²) in [5.74, 6) is 0. The minimum Gasteiger partial charge on any atom is -0.309 e. The molecule has 0 atom stereocenters. The lowest BCUT2D eigenvalue weighted by molar-refractivity contribution is 1.17. The lowest BCUT2D eigenvalue weighted by Crippen LogP contribution is -1.95. The van der Waals surface area contributed by atoms with Crippen molar-refractivity contribution in [2.45, 2.75) is 0 Å². The topological polar surface area (TPSA) is 14.8 Å². The summed E-state index contributed by atoms with van der Waals surface area (Å²) in [5, 5.41) is 10.0. The van der Waals surface area contributed by atoms with E-state index in [1.165, 1.54) is 98.7 Å². The highest BCUT2D eigenvalue weighted by atomic mass is 15.0. The van der Waals surface area contributed by atoms with Crippen molar-refractivity contribution in [2.24, 2.45) is 0 Å². The minimum atomic E-state index is 1.14. The number of aromatic nitrogens is 3. The van der Waals surface area contributed by atoms with E-state index in [9.17, 15) is 0 Å². The number of hydrogen-bond acceptors (Lipinski definition) is 0. The van der Waals surface area contributed by atoms with Gasteiger partial charge in [0.05, 0.1) is 33.1 Å². The van der Waals surface area contributed by atoms with Crippen molar-refractivity contribution < 1.29 is 0 Å². The van der Waals surface area contributed by atoms with E-state index in [0.717, 1.165) is 5.69 Å². The Morgan fingerprint density at radius 2 is 0.782 bits per heavy atom. The molecular weight excluding hydrogens is 667 g/mol. The SMILES string of the molecule is c1ccc(-n2c3ccccc3c3cc(-c4ccc(-n5c6ccccc6c6c5ccc5c7ccccc7n(-c7ccc8ccccc8c7)c56)cc4)ccc32)cc1. The predicted molar refractivity (Wildman–Crippen MR) is 232 cm³/mol. The van der Waals surface area contributed by atoms with Crippen LogP contribution in [0, 0.1) is 0 Å². The summed E-state index contributed by atoms with van der Waals surface area (Å²) in [6.45, 7) is 0. The highest BCUT2D eigenvalue weighted by Gasteiger charge is 2.21. The number of benzene rings is 9. The fraction of sp³-hybridized carbons (Fsp3) is 0. The first-order valence-electron chi connectivity index (χ1n) is 18.9. The molecular formula is C52H33N3. The van der Waals surface area contributed by atoms with Gasteiger partial charge in [-0.2, -0.15) is 0 Å². The van der Waals surface area contributed by atoms with Crippen LogP contribution in [0.3, 0.4) is 0 Å². The molecule has 0 spiro atoms. The van der Waals surface area contributed by atoms with Crippen molar-refractivity contribution in [3.8, 4) is 28.2 Å². The number of fused-ring (bicyclic) bond motifs is 11. The Balaban J connectivity index is 1.05. The molecule has 55 heavy (non-hydrogen) atoms. The number of para-hydroxylation sites is 4. The molecule has 0 amide bonds. The summed E-state index contributed by atoms with van der Waals surface area (Å²) in [7, 11) is 0. The van der Waals surface area contributed by atoms with Gasteiger partial charge in [0.2, 0.25) is 0 Å². The van der Waals surface area contributed by atoms with Crippen molar-refractivity contribution in [3.63, 3.8) is 0 Å². The summed E-state index contributed by atoms with van der Waals surface area (Å²) in [4.78, 5) is 0. The molecule has 0 N–H and O–H groups in total. The maximum Gasteiger partial charge on any atom is 0.0641 e. The Labute approximate surface area is 317 Å². The molecule has 0 aliphatic heterocycles. The molecule has 0 bridgehead atoms. The summed E-state index contributed by atoms with van der Waals surface area (Å²) in [6.07, 6.45) is 0. The molecule has 3 heterocycles. The molecule has 3 nitrogen and oxygen atoms in total. The van der Waals surface area contributed by atoms with Gasteiger partial charge in [0.25, 0.3) is 0 Å². The Bertz CT molecular complexity index is 3470. The Hall–Kier alpha value is -7.36. The maximum atomic E-state index is 2.48. The molecule has 0 unspecified atom stereocenters. The lowest BCUT2D eigenvalue weighted by atomic mass is 10.0. The van der Waals surface area contributed by atoms with Crippen LogP contribution in [0.25, 0.3) is 104 Å². The van der Waals surface area contributed by atoms with Crippen molar-refractivity contribution in [1.82, 2.24) is 13.7 Å². The van der Waals surface area contributed by atoms with Crippen molar-refractivity contribution in [2.75, 3.05) is 0 Å². The minimum absolute atomic E-state index is 1.14. The maximum absolute atomic E-state index is 2.48. The molecule has 12 rings (SSSR count). The average molecular weight is 700 g/mol. The van der Waals surface area contributed by atoms with E-state index in [1.54, 1.807) is 0 Å². The van der Waals surface area contributed by atoms with Gasteiger partial charge >= 0.3 is 0 Å². The van der Waals surface area contributed by atoms with Crippen molar-refractivity contribution in [3.05, 3.63) is 200 Å². The van der Waals surface area contributed by atoms with E-state index >= 15 is 0 Å². The van der Waals surface area contributed by atoms with Gasteiger partial charge in [-0.3, -0.25) is 0 Å². The predicted octanol–water partition coefficient (Wildman–Crippen LogP) is 13.8. The number of rotatable bonds is 4. The molecule has 0 radical (unpaired) electrons. The molecule has 0 aliphatic rings. The zero-order chi connectivity index (χ0) is 36.0. The van der Waals surface area contributed by atoms with Gasteiger partial charge < -0.3 is 13.7 Å². The van der Waals surface area contributed by atoms with Gasteiger partial charge in [-0.05, 0) is 94.7 Å². The van der Waals surface area contributed by atoms with E-state index in [2.05, 4.69) is 214 Å². The van der Waals surface area contributed by atoms with Crippen molar-refractivity contribution >= 4 is 76.2 Å². The van der Waals surface area contributed by atoms with Crippen LogP contribution in [0.1, 0.15) is 0 Å². The van der Waals surface area contributed by atoms with E-state index < -0.39 is 0 Å². The number of nitrogens with zero attached hydrogens (tertiary/aromatic N) is 3. The van der Waals surface area contributed by atoms with E-state index in [1.807, 2.05) is 0 Å². The molecule has 3 heteroatoms. The molecule has 0 aliphatic carbocycles. The van der Waals surface area contributed by atoms with Gasteiger partial charge in [0.15, 0.2) is 0 Å². The molecule has 256 valence electrons. The Morgan fingerprint density at radius 1 is 0.255 bits per heavy atom. The molecule has 3 aromatic heterocycles. The van der Waals surface area contributed by atoms with E-state index in [4.69, 9.17) is 0 Å². The zero-order valence-electron chi connectivity index (χ0n) is 29.9. The van der Waals surface area contributed by atoms with Gasteiger partial charge in [0.1, 0.15) is 0 Å². The second kappa shape index (κ2) is 11.6. The smallest absolute Gasteiger partial charge is 0.0641 e. The van der Waals surface area contributed by atoms with Gasteiger partial charge in [-0.1, -0.05) is 127 Å². The largest absolute Gasteiger partial charge is 0.309 e. The second-order valence-corrected chi connectivity index (χ2v) is 14.6. The summed E-state index contributed by atoms with van der Waals surface area (Å²) >= 11 is 0. The van der Waals surface area contributed by atoms with E-state index in [0.29, 0.717) is 0 Å². The summed E-state index contributed by atoms with van der Waals surface area (Å²) in [6, 6.07) is 73.2. The second-order valence-electron chi connectivity index (χ2n) is 14.6. The van der Waals surface area contributed by atoms with Gasteiger partial charge in [0, 0.05) is 49.4 Å². The third-order valence-corrected chi connectivity index (χ3v) is 11.6. The van der Waals surface area contributed by atoms with Crippen LogP contribution in [0.5, 0.6) is 0 Å². The summed E-state index contributed by atoms with van der Waals surface area (Å²) in [5.41, 5.74) is 13.2. The molecule has 0 saturated heterocycles. The normalized spacial score (nSPS) is 12.0. The third kappa shape index (κ3) is 4.38. The quantitative estimate of drug-likeness (QED) is 0.174. The molecule has 12 aromatic rings. The highest BCUT2D eigenvalue weighted by molar-refractivity contribution is 6.26. The molecule has 9 aromatic carbocycles. The van der Waals surface area contributed by atoms with Crippen LogP contribution in [-0.4, -0.2) is 13.7 Å². The summed E-state index contributed by atoms with van der Waals surface area (Å²) < 4.78 is 7.29. The fourth-order valence-electron chi connectivity index (χ4n) is 9.18. The van der Waals surface area contributed by atoms with Gasteiger partial charge in [-0.15, -0.1) is 0 Å². The van der Waals surface area contributed by atoms with Crippen LogP contribution in [0.2, 0.25) is 0 Å². The van der Waals surface area contributed by atoms with E-state index in [-0.39, 0.29) is 0 Å². The fourth-order valence-corrected chi connectivity index (χ4v) is 9.18. The van der Waals surface area contributed by atoms with Crippen LogP contribution < -0.4 is 0 Å². The first kappa shape index (κ1) is 30.1. The first-order valence-corrected chi connectivity index (χ1v) is 18.9.